The Hall–Kier alpha value is -1.31. The minimum atomic E-state index is 0.691. The zero-order valence-electron chi connectivity index (χ0n) is 7.92. The monoisotopic (exact) mass is 165 g/mol. The molecule has 0 aromatic heterocycles. The molecule has 0 aromatic carbocycles. The third-order valence-electron chi connectivity index (χ3n) is 1.32. The summed E-state index contributed by atoms with van der Waals surface area (Å²) >= 11 is 0. The Bertz CT molecular complexity index is 236. The van der Waals surface area contributed by atoms with Gasteiger partial charge in [0.2, 0.25) is 0 Å². The van der Waals surface area contributed by atoms with E-state index < -0.39 is 0 Å². The molecule has 0 rings (SSSR count). The molecule has 0 saturated heterocycles. The van der Waals surface area contributed by atoms with Crippen LogP contribution in [0.1, 0.15) is 13.8 Å². The second-order valence-electron chi connectivity index (χ2n) is 2.45. The van der Waals surface area contributed by atoms with Crippen molar-refractivity contribution in [1.82, 2.24) is 0 Å². The van der Waals surface area contributed by atoms with E-state index >= 15 is 0 Å². The summed E-state index contributed by atoms with van der Waals surface area (Å²) in [7, 11) is 1.60. The summed E-state index contributed by atoms with van der Waals surface area (Å²) in [6.07, 6.45) is 3.32. The van der Waals surface area contributed by atoms with E-state index in [-0.39, 0.29) is 0 Å². The standard InChI is InChI=1S/C10H15NO/c1-6-9(4)11-7-10(12-5)8(2)3/h6-7H,1-2H2,3-5H3/b10-7+,11-9-. The van der Waals surface area contributed by atoms with Crippen molar-refractivity contribution in [1.29, 1.82) is 0 Å². The largest absolute Gasteiger partial charge is 0.495 e. The van der Waals surface area contributed by atoms with Gasteiger partial charge in [-0.3, -0.25) is 4.99 Å². The van der Waals surface area contributed by atoms with E-state index in [1.165, 1.54) is 0 Å². The van der Waals surface area contributed by atoms with Crippen molar-refractivity contribution in [2.24, 2.45) is 4.99 Å². The van der Waals surface area contributed by atoms with Gasteiger partial charge in [0.05, 0.1) is 13.3 Å². The predicted octanol–water partition coefficient (Wildman–Crippen LogP) is 2.70. The van der Waals surface area contributed by atoms with Crippen LogP contribution in [0.2, 0.25) is 0 Å². The summed E-state index contributed by atoms with van der Waals surface area (Å²) in [4.78, 5) is 4.09. The summed E-state index contributed by atoms with van der Waals surface area (Å²) < 4.78 is 5.03. The Morgan fingerprint density at radius 2 is 2.00 bits per heavy atom. The molecule has 0 bridgehead atoms. The Labute approximate surface area is 74.0 Å². The summed E-state index contributed by atoms with van der Waals surface area (Å²) in [5.74, 6) is 0.691. The molecular weight excluding hydrogens is 150 g/mol. The fourth-order valence-electron chi connectivity index (χ4n) is 0.550. The SMILES string of the molecule is C=C/C(C)=N\C=C(\OC)C(=C)C. The highest BCUT2D eigenvalue weighted by molar-refractivity contribution is 5.92. The van der Waals surface area contributed by atoms with Gasteiger partial charge in [-0.25, -0.2) is 0 Å². The van der Waals surface area contributed by atoms with Gasteiger partial charge in [0.25, 0.3) is 0 Å². The maximum absolute atomic E-state index is 5.03. The van der Waals surface area contributed by atoms with Crippen LogP contribution in [0.25, 0.3) is 0 Å². The molecule has 0 aliphatic heterocycles. The third kappa shape index (κ3) is 3.76. The van der Waals surface area contributed by atoms with Gasteiger partial charge < -0.3 is 4.74 Å². The van der Waals surface area contributed by atoms with Crippen LogP contribution in [-0.4, -0.2) is 12.8 Å². The average molecular weight is 165 g/mol. The number of methoxy groups -OCH3 is 1. The molecule has 2 nitrogen and oxygen atoms in total. The normalized spacial score (nSPS) is 12.6. The van der Waals surface area contributed by atoms with Gasteiger partial charge in [-0.15, -0.1) is 0 Å². The van der Waals surface area contributed by atoms with Crippen molar-refractivity contribution in [2.45, 2.75) is 13.8 Å². The molecule has 0 aliphatic rings. The Morgan fingerprint density at radius 3 is 2.33 bits per heavy atom. The van der Waals surface area contributed by atoms with E-state index in [2.05, 4.69) is 18.2 Å². The number of hydrogen-bond donors (Lipinski definition) is 0. The molecule has 0 N–H and O–H groups in total. The molecule has 0 aliphatic carbocycles. The number of rotatable bonds is 4. The first-order valence-electron chi connectivity index (χ1n) is 3.68. The van der Waals surface area contributed by atoms with E-state index in [0.717, 1.165) is 11.3 Å². The van der Waals surface area contributed by atoms with Crippen LogP contribution in [0.15, 0.2) is 41.8 Å². The Balaban J connectivity index is 4.51. The zero-order valence-corrected chi connectivity index (χ0v) is 7.92. The number of aliphatic imine (C=N–C) groups is 1. The van der Waals surface area contributed by atoms with Crippen LogP contribution in [0.3, 0.4) is 0 Å². The van der Waals surface area contributed by atoms with Gasteiger partial charge in [-0.2, -0.15) is 0 Å². The molecule has 2 heteroatoms. The predicted molar refractivity (Wildman–Crippen MR) is 53.2 cm³/mol. The van der Waals surface area contributed by atoms with Crippen molar-refractivity contribution in [3.63, 3.8) is 0 Å². The minimum absolute atomic E-state index is 0.691. The molecule has 0 spiro atoms. The number of hydrogen-bond acceptors (Lipinski definition) is 2. The molecule has 0 radical (unpaired) electrons. The molecule has 66 valence electrons. The molecule has 0 heterocycles. The molecule has 0 unspecified atom stereocenters. The molecule has 0 aromatic rings. The van der Waals surface area contributed by atoms with Crippen LogP contribution in [-0.2, 0) is 4.74 Å². The van der Waals surface area contributed by atoms with Gasteiger partial charge in [0.15, 0.2) is 0 Å². The second kappa shape index (κ2) is 5.35. The lowest BCUT2D eigenvalue weighted by atomic mass is 10.3. The molecule has 0 amide bonds. The van der Waals surface area contributed by atoms with Crippen LogP contribution >= 0.6 is 0 Å². The first-order valence-corrected chi connectivity index (χ1v) is 3.68. The van der Waals surface area contributed by atoms with Crippen LogP contribution < -0.4 is 0 Å². The summed E-state index contributed by atoms with van der Waals surface area (Å²) in [5.41, 5.74) is 1.71. The lowest BCUT2D eigenvalue weighted by Crippen LogP contribution is -1.88. The lowest BCUT2D eigenvalue weighted by molar-refractivity contribution is 0.300. The Morgan fingerprint density at radius 1 is 1.42 bits per heavy atom. The smallest absolute Gasteiger partial charge is 0.139 e. The first kappa shape index (κ1) is 10.7. The van der Waals surface area contributed by atoms with Crippen molar-refractivity contribution >= 4 is 5.71 Å². The molecule has 0 atom stereocenters. The summed E-state index contributed by atoms with van der Waals surface area (Å²) in [5, 5.41) is 0. The zero-order chi connectivity index (χ0) is 9.56. The molecule has 0 fully saturated rings. The highest BCUT2D eigenvalue weighted by Crippen LogP contribution is 2.06. The maximum Gasteiger partial charge on any atom is 0.139 e. The van der Waals surface area contributed by atoms with Crippen LogP contribution in [0.4, 0.5) is 0 Å². The lowest BCUT2D eigenvalue weighted by Gasteiger charge is -2.02. The van der Waals surface area contributed by atoms with Crippen LogP contribution in [0.5, 0.6) is 0 Å². The fourth-order valence-corrected chi connectivity index (χ4v) is 0.550. The van der Waals surface area contributed by atoms with E-state index in [9.17, 15) is 0 Å². The Kier molecular flexibility index (Phi) is 4.77. The topological polar surface area (TPSA) is 21.6 Å². The van der Waals surface area contributed by atoms with Crippen molar-refractivity contribution in [3.8, 4) is 0 Å². The van der Waals surface area contributed by atoms with E-state index in [1.54, 1.807) is 19.4 Å². The quantitative estimate of drug-likeness (QED) is 0.356. The average Bonchev–Trinajstić information content (AvgIpc) is 2.04. The van der Waals surface area contributed by atoms with Crippen molar-refractivity contribution < 1.29 is 4.74 Å². The summed E-state index contributed by atoms with van der Waals surface area (Å²) in [6.45, 7) is 11.1. The van der Waals surface area contributed by atoms with Gasteiger partial charge in [-0.05, 0) is 25.5 Å². The number of nitrogens with zero attached hydrogens (tertiary/aromatic N) is 1. The first-order chi connectivity index (χ1) is 5.61. The van der Waals surface area contributed by atoms with E-state index in [1.807, 2.05) is 13.8 Å². The highest BCUT2D eigenvalue weighted by Gasteiger charge is 1.93. The molecule has 12 heavy (non-hydrogen) atoms. The summed E-state index contributed by atoms with van der Waals surface area (Å²) in [6, 6.07) is 0. The molecule has 0 saturated carbocycles. The van der Waals surface area contributed by atoms with E-state index in [4.69, 9.17) is 4.74 Å². The fraction of sp³-hybridized carbons (Fsp3) is 0.300. The maximum atomic E-state index is 5.03. The van der Waals surface area contributed by atoms with Gasteiger partial charge in [0, 0.05) is 5.71 Å². The van der Waals surface area contributed by atoms with Crippen molar-refractivity contribution in [2.75, 3.05) is 7.11 Å². The highest BCUT2D eigenvalue weighted by atomic mass is 16.5. The van der Waals surface area contributed by atoms with Gasteiger partial charge in [-0.1, -0.05) is 13.2 Å². The minimum Gasteiger partial charge on any atom is -0.495 e. The third-order valence-corrected chi connectivity index (χ3v) is 1.32. The second-order valence-corrected chi connectivity index (χ2v) is 2.45. The van der Waals surface area contributed by atoms with Crippen molar-refractivity contribution in [3.05, 3.63) is 36.8 Å². The molecular formula is C10H15NO. The number of ether oxygens (including phenoxy) is 1. The van der Waals surface area contributed by atoms with Gasteiger partial charge >= 0.3 is 0 Å². The van der Waals surface area contributed by atoms with Gasteiger partial charge in [0.1, 0.15) is 5.76 Å². The van der Waals surface area contributed by atoms with E-state index in [0.29, 0.717) is 5.76 Å². The number of allylic oxidation sites excluding steroid dienone is 2. The van der Waals surface area contributed by atoms with Crippen LogP contribution in [0, 0.1) is 0 Å².